The summed E-state index contributed by atoms with van der Waals surface area (Å²) in [5.74, 6) is 0.774. The summed E-state index contributed by atoms with van der Waals surface area (Å²) in [5.41, 5.74) is 4.61. The fourth-order valence-electron chi connectivity index (χ4n) is 3.38. The van der Waals surface area contributed by atoms with Crippen LogP contribution in [0.5, 0.6) is 0 Å². The molecule has 8 heteroatoms. The molecule has 4 rings (SSSR count). The highest BCUT2D eigenvalue weighted by molar-refractivity contribution is 5.96. The molecule has 32 heavy (non-hydrogen) atoms. The van der Waals surface area contributed by atoms with Gasteiger partial charge in [0.2, 0.25) is 0 Å². The average molecular weight is 428 g/mol. The maximum absolute atomic E-state index is 13.2. The van der Waals surface area contributed by atoms with Gasteiger partial charge in [0.25, 0.3) is 5.91 Å². The van der Waals surface area contributed by atoms with Crippen LogP contribution >= 0.6 is 0 Å². The molecule has 0 aliphatic carbocycles. The first-order valence-corrected chi connectivity index (χ1v) is 10.5. The molecule has 1 amide bonds. The third kappa shape index (κ3) is 4.54. The van der Waals surface area contributed by atoms with Crippen LogP contribution in [-0.4, -0.2) is 35.6 Å². The highest BCUT2D eigenvalue weighted by Gasteiger charge is 2.18. The SMILES string of the molecule is Cc1ccc(-c2cc(C(=O)NC(C)c3cnccn3)cc(-n3ncnc3C(C)C)c2)nc1. The molecule has 3 heterocycles. The summed E-state index contributed by atoms with van der Waals surface area (Å²) in [6.45, 7) is 7.98. The van der Waals surface area contributed by atoms with Crippen LogP contribution < -0.4 is 5.32 Å². The summed E-state index contributed by atoms with van der Waals surface area (Å²) in [5, 5.41) is 7.40. The number of carbonyl (C=O) groups excluding carboxylic acids is 1. The van der Waals surface area contributed by atoms with Gasteiger partial charge in [-0.05, 0) is 43.7 Å². The molecule has 3 aromatic heterocycles. The zero-order chi connectivity index (χ0) is 22.7. The van der Waals surface area contributed by atoms with E-state index in [9.17, 15) is 4.79 Å². The second-order valence-electron chi connectivity index (χ2n) is 8.00. The van der Waals surface area contributed by atoms with Crippen LogP contribution in [0.1, 0.15) is 60.2 Å². The fraction of sp³-hybridized carbons (Fsp3) is 0.250. The van der Waals surface area contributed by atoms with Gasteiger partial charge >= 0.3 is 0 Å². The van der Waals surface area contributed by atoms with Gasteiger partial charge < -0.3 is 5.32 Å². The zero-order valence-corrected chi connectivity index (χ0v) is 18.5. The maximum atomic E-state index is 13.2. The zero-order valence-electron chi connectivity index (χ0n) is 18.5. The first-order valence-electron chi connectivity index (χ1n) is 10.5. The van der Waals surface area contributed by atoms with Crippen molar-refractivity contribution in [1.82, 2.24) is 35.0 Å². The molecule has 0 saturated carbocycles. The van der Waals surface area contributed by atoms with Crippen molar-refractivity contribution in [3.63, 3.8) is 0 Å². The summed E-state index contributed by atoms with van der Waals surface area (Å²) >= 11 is 0. The van der Waals surface area contributed by atoms with Gasteiger partial charge in [-0.1, -0.05) is 19.9 Å². The van der Waals surface area contributed by atoms with Crippen LogP contribution in [0, 0.1) is 6.92 Å². The van der Waals surface area contributed by atoms with Crippen LogP contribution in [0.25, 0.3) is 16.9 Å². The number of benzene rings is 1. The molecular formula is C24H25N7O. The van der Waals surface area contributed by atoms with Gasteiger partial charge in [-0.3, -0.25) is 19.7 Å². The summed E-state index contributed by atoms with van der Waals surface area (Å²) in [7, 11) is 0. The van der Waals surface area contributed by atoms with Gasteiger partial charge in [0.1, 0.15) is 12.2 Å². The number of aromatic nitrogens is 6. The van der Waals surface area contributed by atoms with Crippen molar-refractivity contribution in [1.29, 1.82) is 0 Å². The molecule has 0 aliphatic rings. The Kier molecular flexibility index (Phi) is 6.02. The van der Waals surface area contributed by atoms with Crippen molar-refractivity contribution in [3.8, 4) is 16.9 Å². The lowest BCUT2D eigenvalue weighted by Gasteiger charge is -2.15. The highest BCUT2D eigenvalue weighted by atomic mass is 16.1. The average Bonchev–Trinajstić information content (AvgIpc) is 3.30. The predicted molar refractivity (Wildman–Crippen MR) is 121 cm³/mol. The largest absolute Gasteiger partial charge is 0.344 e. The van der Waals surface area contributed by atoms with Gasteiger partial charge in [-0.25, -0.2) is 9.67 Å². The molecular weight excluding hydrogens is 402 g/mol. The minimum Gasteiger partial charge on any atom is -0.344 e. The van der Waals surface area contributed by atoms with E-state index in [0.29, 0.717) is 11.3 Å². The smallest absolute Gasteiger partial charge is 0.251 e. The number of nitrogens with one attached hydrogen (secondary N) is 1. The van der Waals surface area contributed by atoms with Crippen molar-refractivity contribution in [2.45, 2.75) is 39.7 Å². The topological polar surface area (TPSA) is 98.5 Å². The van der Waals surface area contributed by atoms with E-state index in [1.54, 1.807) is 23.3 Å². The first-order chi connectivity index (χ1) is 15.4. The van der Waals surface area contributed by atoms with Gasteiger partial charge in [0.05, 0.1) is 29.3 Å². The molecule has 4 aromatic rings. The number of nitrogens with zero attached hydrogens (tertiary/aromatic N) is 6. The third-order valence-corrected chi connectivity index (χ3v) is 5.10. The van der Waals surface area contributed by atoms with Crippen molar-refractivity contribution < 1.29 is 4.79 Å². The molecule has 0 radical (unpaired) electrons. The summed E-state index contributed by atoms with van der Waals surface area (Å²) in [6.07, 6.45) is 8.20. The van der Waals surface area contributed by atoms with Crippen molar-refractivity contribution in [2.24, 2.45) is 0 Å². The van der Waals surface area contributed by atoms with Gasteiger partial charge in [0, 0.05) is 35.6 Å². The standard InChI is InChI=1S/C24H25N7O/c1-15(2)23-28-14-29-31(23)20-10-18(21-6-5-16(3)12-27-21)9-19(11-20)24(32)30-17(4)22-13-25-7-8-26-22/h5-15,17H,1-4H3,(H,30,32). The van der Waals surface area contributed by atoms with E-state index in [-0.39, 0.29) is 17.9 Å². The van der Waals surface area contributed by atoms with E-state index < -0.39 is 0 Å². The molecule has 1 N–H and O–H groups in total. The molecule has 1 aromatic carbocycles. The van der Waals surface area contributed by atoms with E-state index in [1.165, 1.54) is 6.33 Å². The molecule has 0 fully saturated rings. The van der Waals surface area contributed by atoms with Gasteiger partial charge in [-0.2, -0.15) is 5.10 Å². The van der Waals surface area contributed by atoms with Crippen molar-refractivity contribution in [2.75, 3.05) is 0 Å². The molecule has 0 aliphatic heterocycles. The Morgan fingerprint density at radius 3 is 2.53 bits per heavy atom. The fourth-order valence-corrected chi connectivity index (χ4v) is 3.38. The monoisotopic (exact) mass is 427 g/mol. The normalized spacial score (nSPS) is 12.0. The Morgan fingerprint density at radius 2 is 1.84 bits per heavy atom. The Hall–Kier alpha value is -3.94. The number of aryl methyl sites for hydroxylation is 1. The van der Waals surface area contributed by atoms with E-state index in [2.05, 4.69) is 44.2 Å². The van der Waals surface area contributed by atoms with E-state index >= 15 is 0 Å². The van der Waals surface area contributed by atoms with Gasteiger partial charge in [0.15, 0.2) is 0 Å². The summed E-state index contributed by atoms with van der Waals surface area (Å²) in [4.78, 5) is 30.5. The van der Waals surface area contributed by atoms with E-state index in [0.717, 1.165) is 28.3 Å². The van der Waals surface area contributed by atoms with Crippen molar-refractivity contribution >= 4 is 5.91 Å². The lowest BCUT2D eigenvalue weighted by molar-refractivity contribution is 0.0939. The minimum atomic E-state index is -0.293. The molecule has 162 valence electrons. The van der Waals surface area contributed by atoms with Crippen LogP contribution in [0.15, 0.2) is 61.4 Å². The Labute approximate surface area is 186 Å². The van der Waals surface area contributed by atoms with Crippen LogP contribution in [0.3, 0.4) is 0 Å². The number of amides is 1. The Bertz CT molecular complexity index is 1220. The minimum absolute atomic E-state index is 0.174. The number of hydrogen-bond donors (Lipinski definition) is 1. The summed E-state index contributed by atoms with van der Waals surface area (Å²) < 4.78 is 1.77. The number of rotatable bonds is 6. The molecule has 0 bridgehead atoms. The van der Waals surface area contributed by atoms with E-state index in [4.69, 9.17) is 0 Å². The van der Waals surface area contributed by atoms with Crippen LogP contribution in [-0.2, 0) is 0 Å². The summed E-state index contributed by atoms with van der Waals surface area (Å²) in [6, 6.07) is 9.28. The number of carbonyl (C=O) groups is 1. The molecule has 1 unspecified atom stereocenters. The van der Waals surface area contributed by atoms with Crippen LogP contribution in [0.4, 0.5) is 0 Å². The Balaban J connectivity index is 1.75. The first kappa shape index (κ1) is 21.3. The molecule has 0 spiro atoms. The lowest BCUT2D eigenvalue weighted by Crippen LogP contribution is -2.27. The van der Waals surface area contributed by atoms with Crippen molar-refractivity contribution in [3.05, 3.63) is 84.1 Å². The quantitative estimate of drug-likeness (QED) is 0.499. The Morgan fingerprint density at radius 1 is 1.00 bits per heavy atom. The maximum Gasteiger partial charge on any atom is 0.251 e. The second-order valence-corrected chi connectivity index (χ2v) is 8.00. The molecule has 0 saturated heterocycles. The molecule has 8 nitrogen and oxygen atoms in total. The van der Waals surface area contributed by atoms with Gasteiger partial charge in [-0.15, -0.1) is 0 Å². The number of pyridine rings is 1. The third-order valence-electron chi connectivity index (χ3n) is 5.10. The van der Waals surface area contributed by atoms with Crippen LogP contribution in [0.2, 0.25) is 0 Å². The predicted octanol–water partition coefficient (Wildman–Crippen LogP) is 4.04. The van der Waals surface area contributed by atoms with E-state index in [1.807, 2.05) is 50.4 Å². The highest BCUT2D eigenvalue weighted by Crippen LogP contribution is 2.25. The molecule has 1 atom stereocenters. The second kappa shape index (κ2) is 9.05. The number of hydrogen-bond acceptors (Lipinski definition) is 6. The lowest BCUT2D eigenvalue weighted by atomic mass is 10.0.